The summed E-state index contributed by atoms with van der Waals surface area (Å²) in [5.41, 5.74) is 0.389. The SMILES string of the molecule is CC(C)(C)C1CCC(O)C(N2CCCC3CCCCC32)C1. The van der Waals surface area contributed by atoms with E-state index in [1.807, 2.05) is 0 Å². The van der Waals surface area contributed by atoms with Crippen molar-refractivity contribution in [3.63, 3.8) is 0 Å². The van der Waals surface area contributed by atoms with Gasteiger partial charge in [-0.05, 0) is 68.7 Å². The lowest BCUT2D eigenvalue weighted by Gasteiger charge is -2.52. The number of fused-ring (bicyclic) bond motifs is 1. The molecule has 0 aromatic carbocycles. The first-order valence-corrected chi connectivity index (χ1v) is 9.40. The summed E-state index contributed by atoms with van der Waals surface area (Å²) in [6.07, 6.45) is 11.8. The van der Waals surface area contributed by atoms with Crippen LogP contribution in [-0.4, -0.2) is 34.7 Å². The van der Waals surface area contributed by atoms with Crippen molar-refractivity contribution in [2.75, 3.05) is 6.54 Å². The summed E-state index contributed by atoms with van der Waals surface area (Å²) < 4.78 is 0. The third-order valence-corrected chi connectivity index (χ3v) is 6.72. The molecule has 3 rings (SSSR count). The van der Waals surface area contributed by atoms with Gasteiger partial charge in [0.1, 0.15) is 0 Å². The van der Waals surface area contributed by atoms with E-state index in [9.17, 15) is 5.11 Å². The topological polar surface area (TPSA) is 23.5 Å². The largest absolute Gasteiger partial charge is 0.391 e. The Morgan fingerprint density at radius 1 is 0.857 bits per heavy atom. The van der Waals surface area contributed by atoms with Crippen LogP contribution in [0.2, 0.25) is 0 Å². The zero-order chi connectivity index (χ0) is 15.0. The van der Waals surface area contributed by atoms with E-state index in [0.29, 0.717) is 11.5 Å². The number of aliphatic hydroxyl groups excluding tert-OH is 1. The Balaban J connectivity index is 1.73. The van der Waals surface area contributed by atoms with E-state index in [0.717, 1.165) is 24.3 Å². The maximum Gasteiger partial charge on any atom is 0.0695 e. The van der Waals surface area contributed by atoms with Crippen LogP contribution in [0, 0.1) is 17.3 Å². The number of rotatable bonds is 1. The van der Waals surface area contributed by atoms with Crippen molar-refractivity contribution in [1.82, 2.24) is 4.90 Å². The Hall–Kier alpha value is -0.0800. The molecular formula is C19H35NO. The van der Waals surface area contributed by atoms with Crippen molar-refractivity contribution < 1.29 is 5.11 Å². The molecule has 0 spiro atoms. The van der Waals surface area contributed by atoms with Gasteiger partial charge in [0.2, 0.25) is 0 Å². The lowest BCUT2D eigenvalue weighted by Crippen LogP contribution is -2.57. The molecule has 3 aliphatic rings. The summed E-state index contributed by atoms with van der Waals surface area (Å²) in [4.78, 5) is 2.76. The second-order valence-electron chi connectivity index (χ2n) is 9.00. The van der Waals surface area contributed by atoms with Gasteiger partial charge in [-0.2, -0.15) is 0 Å². The van der Waals surface area contributed by atoms with Crippen LogP contribution in [0.4, 0.5) is 0 Å². The molecule has 5 unspecified atom stereocenters. The summed E-state index contributed by atoms with van der Waals surface area (Å²) in [5, 5.41) is 10.7. The first-order valence-electron chi connectivity index (χ1n) is 9.40. The number of likely N-dealkylation sites (tertiary alicyclic amines) is 1. The van der Waals surface area contributed by atoms with Gasteiger partial charge in [-0.1, -0.05) is 33.6 Å². The minimum absolute atomic E-state index is 0.0794. The molecule has 2 heteroatoms. The smallest absolute Gasteiger partial charge is 0.0695 e. The predicted molar refractivity (Wildman–Crippen MR) is 88.3 cm³/mol. The second kappa shape index (κ2) is 6.20. The van der Waals surface area contributed by atoms with Gasteiger partial charge >= 0.3 is 0 Å². The molecule has 0 amide bonds. The molecule has 5 atom stereocenters. The zero-order valence-corrected chi connectivity index (χ0v) is 14.4. The molecule has 21 heavy (non-hydrogen) atoms. The van der Waals surface area contributed by atoms with Crippen LogP contribution in [0.1, 0.15) is 78.6 Å². The summed E-state index contributed by atoms with van der Waals surface area (Å²) in [6, 6.07) is 1.22. The molecule has 1 N–H and O–H groups in total. The summed E-state index contributed by atoms with van der Waals surface area (Å²) >= 11 is 0. The standard InChI is InChI=1S/C19H35NO/c1-19(2,3)15-10-11-18(21)17(13-15)20-12-6-8-14-7-4-5-9-16(14)20/h14-18,21H,4-13H2,1-3H3. The average Bonchev–Trinajstić information content (AvgIpc) is 2.46. The highest BCUT2D eigenvalue weighted by Gasteiger charge is 2.43. The molecule has 1 saturated heterocycles. The van der Waals surface area contributed by atoms with E-state index >= 15 is 0 Å². The van der Waals surface area contributed by atoms with E-state index in [4.69, 9.17) is 0 Å². The van der Waals surface area contributed by atoms with Crippen LogP contribution in [0.3, 0.4) is 0 Å². The number of nitrogens with zero attached hydrogens (tertiary/aromatic N) is 1. The lowest BCUT2D eigenvalue weighted by molar-refractivity contribution is -0.0647. The fourth-order valence-corrected chi connectivity index (χ4v) is 5.35. The van der Waals surface area contributed by atoms with E-state index in [1.165, 1.54) is 57.9 Å². The maximum atomic E-state index is 10.7. The van der Waals surface area contributed by atoms with Gasteiger partial charge in [-0.3, -0.25) is 4.90 Å². The molecule has 1 aliphatic heterocycles. The van der Waals surface area contributed by atoms with Gasteiger partial charge in [0.25, 0.3) is 0 Å². The highest BCUT2D eigenvalue weighted by Crippen LogP contribution is 2.43. The monoisotopic (exact) mass is 293 g/mol. The van der Waals surface area contributed by atoms with Crippen molar-refractivity contribution in [1.29, 1.82) is 0 Å². The Kier molecular flexibility index (Phi) is 4.66. The fourth-order valence-electron chi connectivity index (χ4n) is 5.35. The van der Waals surface area contributed by atoms with Gasteiger partial charge in [0.15, 0.2) is 0 Å². The van der Waals surface area contributed by atoms with Crippen molar-refractivity contribution in [2.45, 2.75) is 96.7 Å². The van der Waals surface area contributed by atoms with Crippen molar-refractivity contribution in [3.05, 3.63) is 0 Å². The quantitative estimate of drug-likeness (QED) is 0.782. The Morgan fingerprint density at radius 3 is 2.33 bits per heavy atom. The molecule has 0 aromatic heterocycles. The highest BCUT2D eigenvalue weighted by molar-refractivity contribution is 4.96. The van der Waals surface area contributed by atoms with Crippen molar-refractivity contribution >= 4 is 0 Å². The van der Waals surface area contributed by atoms with Gasteiger partial charge < -0.3 is 5.11 Å². The van der Waals surface area contributed by atoms with Crippen molar-refractivity contribution in [2.24, 2.45) is 17.3 Å². The third-order valence-electron chi connectivity index (χ3n) is 6.72. The second-order valence-corrected chi connectivity index (χ2v) is 9.00. The fraction of sp³-hybridized carbons (Fsp3) is 1.00. The number of hydrogen-bond donors (Lipinski definition) is 1. The first kappa shape index (κ1) is 15.8. The van der Waals surface area contributed by atoms with Crippen LogP contribution in [0.25, 0.3) is 0 Å². The predicted octanol–water partition coefficient (Wildman–Crippen LogP) is 4.22. The third kappa shape index (κ3) is 3.32. The molecule has 122 valence electrons. The van der Waals surface area contributed by atoms with Gasteiger partial charge in [0.05, 0.1) is 6.10 Å². The summed E-state index contributed by atoms with van der Waals surface area (Å²) in [7, 11) is 0. The zero-order valence-electron chi connectivity index (χ0n) is 14.4. The minimum atomic E-state index is -0.0794. The van der Waals surface area contributed by atoms with Crippen LogP contribution in [0.15, 0.2) is 0 Å². The molecule has 2 nitrogen and oxygen atoms in total. The highest BCUT2D eigenvalue weighted by atomic mass is 16.3. The molecule has 3 fully saturated rings. The lowest BCUT2D eigenvalue weighted by atomic mass is 9.68. The first-order chi connectivity index (χ1) is 9.97. The summed E-state index contributed by atoms with van der Waals surface area (Å²) in [5.74, 6) is 1.70. The van der Waals surface area contributed by atoms with Crippen LogP contribution >= 0.6 is 0 Å². The average molecular weight is 293 g/mol. The van der Waals surface area contributed by atoms with Crippen LogP contribution < -0.4 is 0 Å². The van der Waals surface area contributed by atoms with E-state index in [2.05, 4.69) is 25.7 Å². The Bertz CT molecular complexity index is 346. The number of aliphatic hydroxyl groups is 1. The van der Waals surface area contributed by atoms with E-state index in [1.54, 1.807) is 0 Å². The number of piperidine rings is 1. The molecule has 2 aliphatic carbocycles. The summed E-state index contributed by atoms with van der Waals surface area (Å²) in [6.45, 7) is 8.38. The Morgan fingerprint density at radius 2 is 1.57 bits per heavy atom. The maximum absolute atomic E-state index is 10.7. The minimum Gasteiger partial charge on any atom is -0.391 e. The van der Waals surface area contributed by atoms with Gasteiger partial charge in [0, 0.05) is 12.1 Å². The molecule has 0 bridgehead atoms. The Labute approximate surface area is 131 Å². The molecule has 0 aromatic rings. The molecular weight excluding hydrogens is 258 g/mol. The van der Waals surface area contributed by atoms with Crippen molar-refractivity contribution in [3.8, 4) is 0 Å². The van der Waals surface area contributed by atoms with E-state index in [-0.39, 0.29) is 6.10 Å². The molecule has 2 saturated carbocycles. The molecule has 1 heterocycles. The van der Waals surface area contributed by atoms with Gasteiger partial charge in [-0.25, -0.2) is 0 Å². The van der Waals surface area contributed by atoms with Crippen LogP contribution in [-0.2, 0) is 0 Å². The van der Waals surface area contributed by atoms with Gasteiger partial charge in [-0.15, -0.1) is 0 Å². The molecule has 0 radical (unpaired) electrons. The van der Waals surface area contributed by atoms with E-state index < -0.39 is 0 Å². The number of hydrogen-bond acceptors (Lipinski definition) is 2. The van der Waals surface area contributed by atoms with Crippen LogP contribution in [0.5, 0.6) is 0 Å². The normalized spacial score (nSPS) is 42.6.